The average molecular weight is 220 g/mol. The minimum Gasteiger partial charge on any atom is -0.488 e. The number of hydrogen-bond acceptors (Lipinski definition) is 2. The SMILES string of the molecule is CC(C)(C)Oc1cc(Cl)nc(Cl)c1. The van der Waals surface area contributed by atoms with Crippen LogP contribution < -0.4 is 4.74 Å². The van der Waals surface area contributed by atoms with E-state index in [0.717, 1.165) is 0 Å². The molecule has 0 aliphatic carbocycles. The molecule has 0 radical (unpaired) electrons. The van der Waals surface area contributed by atoms with E-state index in [4.69, 9.17) is 27.9 Å². The van der Waals surface area contributed by atoms with E-state index in [0.29, 0.717) is 16.1 Å². The van der Waals surface area contributed by atoms with Crippen molar-refractivity contribution in [1.29, 1.82) is 0 Å². The monoisotopic (exact) mass is 219 g/mol. The number of aromatic nitrogens is 1. The summed E-state index contributed by atoms with van der Waals surface area (Å²) in [7, 11) is 0. The molecule has 2 nitrogen and oxygen atoms in total. The van der Waals surface area contributed by atoms with Gasteiger partial charge in [-0.1, -0.05) is 23.2 Å². The quantitative estimate of drug-likeness (QED) is 0.675. The Balaban J connectivity index is 2.90. The number of hydrogen-bond donors (Lipinski definition) is 0. The second-order valence-electron chi connectivity index (χ2n) is 3.66. The molecule has 0 fully saturated rings. The summed E-state index contributed by atoms with van der Waals surface area (Å²) in [6.07, 6.45) is 0. The van der Waals surface area contributed by atoms with Crippen molar-refractivity contribution in [1.82, 2.24) is 4.98 Å². The third-order valence-electron chi connectivity index (χ3n) is 1.16. The largest absolute Gasteiger partial charge is 0.488 e. The number of rotatable bonds is 1. The molecule has 0 saturated carbocycles. The van der Waals surface area contributed by atoms with Gasteiger partial charge in [-0.25, -0.2) is 4.98 Å². The maximum Gasteiger partial charge on any atom is 0.134 e. The second kappa shape index (κ2) is 3.72. The lowest BCUT2D eigenvalue weighted by molar-refractivity contribution is 0.131. The predicted octanol–water partition coefficient (Wildman–Crippen LogP) is 3.57. The molecular formula is C9H11Cl2NO. The molecule has 4 heteroatoms. The van der Waals surface area contributed by atoms with Crippen molar-refractivity contribution in [2.24, 2.45) is 0 Å². The van der Waals surface area contributed by atoms with Crippen LogP contribution in [0.4, 0.5) is 0 Å². The molecule has 1 aromatic rings. The summed E-state index contributed by atoms with van der Waals surface area (Å²) < 4.78 is 5.55. The van der Waals surface area contributed by atoms with E-state index in [9.17, 15) is 0 Å². The Kier molecular flexibility index (Phi) is 3.04. The van der Waals surface area contributed by atoms with Gasteiger partial charge in [-0.15, -0.1) is 0 Å². The summed E-state index contributed by atoms with van der Waals surface area (Å²) in [4.78, 5) is 3.82. The molecule has 0 bridgehead atoms. The van der Waals surface area contributed by atoms with Gasteiger partial charge in [-0.05, 0) is 20.8 Å². The van der Waals surface area contributed by atoms with E-state index in [-0.39, 0.29) is 5.60 Å². The molecular weight excluding hydrogens is 209 g/mol. The lowest BCUT2D eigenvalue weighted by Crippen LogP contribution is -2.22. The van der Waals surface area contributed by atoms with Gasteiger partial charge in [0.25, 0.3) is 0 Å². The molecule has 0 unspecified atom stereocenters. The van der Waals surface area contributed by atoms with Gasteiger partial charge in [0, 0.05) is 12.1 Å². The molecule has 13 heavy (non-hydrogen) atoms. The van der Waals surface area contributed by atoms with Crippen LogP contribution in [-0.2, 0) is 0 Å². The Labute approximate surface area is 87.8 Å². The van der Waals surface area contributed by atoms with Crippen LogP contribution in [0.3, 0.4) is 0 Å². The molecule has 1 aromatic heterocycles. The van der Waals surface area contributed by atoms with Crippen LogP contribution in [0.1, 0.15) is 20.8 Å². The van der Waals surface area contributed by atoms with E-state index in [2.05, 4.69) is 4.98 Å². The van der Waals surface area contributed by atoms with Crippen molar-refractivity contribution in [2.45, 2.75) is 26.4 Å². The van der Waals surface area contributed by atoms with E-state index in [1.165, 1.54) is 0 Å². The number of ether oxygens (including phenoxy) is 1. The van der Waals surface area contributed by atoms with Crippen molar-refractivity contribution in [3.8, 4) is 5.75 Å². The lowest BCUT2D eigenvalue weighted by Gasteiger charge is -2.21. The second-order valence-corrected chi connectivity index (χ2v) is 4.44. The highest BCUT2D eigenvalue weighted by atomic mass is 35.5. The van der Waals surface area contributed by atoms with Crippen LogP contribution in [0.5, 0.6) is 5.75 Å². The summed E-state index contributed by atoms with van der Waals surface area (Å²) in [5.41, 5.74) is -0.256. The summed E-state index contributed by atoms with van der Waals surface area (Å²) in [5.74, 6) is 0.637. The van der Waals surface area contributed by atoms with Gasteiger partial charge in [-0.3, -0.25) is 0 Å². The van der Waals surface area contributed by atoms with E-state index in [1.54, 1.807) is 12.1 Å². The molecule has 0 atom stereocenters. The average Bonchev–Trinajstić information content (AvgIpc) is 1.78. The first-order valence-corrected chi connectivity index (χ1v) is 4.64. The minimum atomic E-state index is -0.256. The van der Waals surface area contributed by atoms with Gasteiger partial charge in [0.1, 0.15) is 21.7 Å². The summed E-state index contributed by atoms with van der Waals surface area (Å²) in [6, 6.07) is 3.28. The summed E-state index contributed by atoms with van der Waals surface area (Å²) in [5, 5.41) is 0.679. The molecule has 0 spiro atoms. The zero-order valence-electron chi connectivity index (χ0n) is 7.77. The van der Waals surface area contributed by atoms with E-state index in [1.807, 2.05) is 20.8 Å². The van der Waals surface area contributed by atoms with Crippen LogP contribution in [0, 0.1) is 0 Å². The molecule has 0 aliphatic heterocycles. The molecule has 72 valence electrons. The smallest absolute Gasteiger partial charge is 0.134 e. The Bertz CT molecular complexity index is 287. The van der Waals surface area contributed by atoms with Gasteiger partial charge in [0.2, 0.25) is 0 Å². The summed E-state index contributed by atoms with van der Waals surface area (Å²) >= 11 is 11.4. The standard InChI is InChI=1S/C9H11Cl2NO/c1-9(2,3)13-6-4-7(10)12-8(11)5-6/h4-5H,1-3H3. The number of halogens is 2. The highest BCUT2D eigenvalue weighted by Gasteiger charge is 2.12. The van der Waals surface area contributed by atoms with Crippen LogP contribution in [0.25, 0.3) is 0 Å². The van der Waals surface area contributed by atoms with Crippen LogP contribution in [-0.4, -0.2) is 10.6 Å². The molecule has 0 aliphatic rings. The Morgan fingerprint density at radius 3 is 2.00 bits per heavy atom. The van der Waals surface area contributed by atoms with Gasteiger partial charge >= 0.3 is 0 Å². The molecule has 0 amide bonds. The third-order valence-corrected chi connectivity index (χ3v) is 1.55. The first-order valence-electron chi connectivity index (χ1n) is 3.89. The van der Waals surface area contributed by atoms with Crippen LogP contribution in [0.2, 0.25) is 10.3 Å². The molecule has 0 N–H and O–H groups in total. The zero-order chi connectivity index (χ0) is 10.1. The fourth-order valence-electron chi connectivity index (χ4n) is 0.856. The van der Waals surface area contributed by atoms with Crippen molar-refractivity contribution in [3.63, 3.8) is 0 Å². The number of pyridine rings is 1. The van der Waals surface area contributed by atoms with E-state index < -0.39 is 0 Å². The normalized spacial score (nSPS) is 11.5. The van der Waals surface area contributed by atoms with Crippen LogP contribution in [0.15, 0.2) is 12.1 Å². The Hall–Kier alpha value is -0.470. The van der Waals surface area contributed by atoms with Crippen molar-refractivity contribution >= 4 is 23.2 Å². The van der Waals surface area contributed by atoms with Crippen molar-refractivity contribution in [2.75, 3.05) is 0 Å². The topological polar surface area (TPSA) is 22.1 Å². The maximum absolute atomic E-state index is 5.70. The molecule has 1 rings (SSSR count). The predicted molar refractivity (Wildman–Crippen MR) is 54.6 cm³/mol. The Morgan fingerprint density at radius 2 is 1.62 bits per heavy atom. The fraction of sp³-hybridized carbons (Fsp3) is 0.444. The van der Waals surface area contributed by atoms with Crippen LogP contribution >= 0.6 is 23.2 Å². The molecule has 0 saturated heterocycles. The number of nitrogens with zero attached hydrogens (tertiary/aromatic N) is 1. The lowest BCUT2D eigenvalue weighted by atomic mass is 10.2. The first-order chi connectivity index (χ1) is 5.87. The van der Waals surface area contributed by atoms with Crippen molar-refractivity contribution < 1.29 is 4.74 Å². The van der Waals surface area contributed by atoms with Gasteiger partial charge in [0.15, 0.2) is 0 Å². The third kappa shape index (κ3) is 3.83. The van der Waals surface area contributed by atoms with Gasteiger partial charge < -0.3 is 4.74 Å². The zero-order valence-corrected chi connectivity index (χ0v) is 9.28. The van der Waals surface area contributed by atoms with Gasteiger partial charge in [-0.2, -0.15) is 0 Å². The van der Waals surface area contributed by atoms with Crippen molar-refractivity contribution in [3.05, 3.63) is 22.4 Å². The maximum atomic E-state index is 5.70. The fourth-order valence-corrected chi connectivity index (χ4v) is 1.30. The Morgan fingerprint density at radius 1 is 1.15 bits per heavy atom. The highest BCUT2D eigenvalue weighted by molar-refractivity contribution is 6.32. The summed E-state index contributed by atoms with van der Waals surface area (Å²) in [6.45, 7) is 5.86. The molecule has 0 aromatic carbocycles. The molecule has 1 heterocycles. The highest BCUT2D eigenvalue weighted by Crippen LogP contribution is 2.23. The minimum absolute atomic E-state index is 0.256. The van der Waals surface area contributed by atoms with Gasteiger partial charge in [0.05, 0.1) is 0 Å². The van der Waals surface area contributed by atoms with E-state index >= 15 is 0 Å². The first kappa shape index (κ1) is 10.6.